The van der Waals surface area contributed by atoms with Crippen LogP contribution in [0.3, 0.4) is 0 Å². The molecule has 2 heterocycles. The second-order valence-corrected chi connectivity index (χ2v) is 3.56. The van der Waals surface area contributed by atoms with Crippen LogP contribution in [0, 0.1) is 0 Å². The number of aliphatic hydroxyl groups is 1. The van der Waals surface area contributed by atoms with Gasteiger partial charge < -0.3 is 19.9 Å². The van der Waals surface area contributed by atoms with Gasteiger partial charge in [0.15, 0.2) is 0 Å². The van der Waals surface area contributed by atoms with E-state index in [9.17, 15) is 5.11 Å². The normalized spacial score (nSPS) is 18.1. The highest BCUT2D eigenvalue weighted by molar-refractivity contribution is 5.41. The van der Waals surface area contributed by atoms with Crippen LogP contribution in [0.4, 0.5) is 0 Å². The van der Waals surface area contributed by atoms with Crippen LogP contribution in [0.15, 0.2) is 12.3 Å². The maximum Gasteiger partial charge on any atom is 0.213 e. The van der Waals surface area contributed by atoms with Crippen molar-refractivity contribution in [3.05, 3.63) is 17.8 Å². The number of methoxy groups -OCH3 is 2. The Morgan fingerprint density at radius 1 is 1.40 bits per heavy atom. The molecule has 1 aliphatic rings. The minimum Gasteiger partial charge on any atom is -0.495 e. The second-order valence-electron chi connectivity index (χ2n) is 3.56. The van der Waals surface area contributed by atoms with E-state index in [4.69, 9.17) is 9.47 Å². The van der Waals surface area contributed by atoms with Crippen molar-refractivity contribution in [1.29, 1.82) is 0 Å². The molecular formula is C10H14N2O3. The van der Waals surface area contributed by atoms with Crippen LogP contribution < -0.4 is 14.8 Å². The van der Waals surface area contributed by atoms with Gasteiger partial charge in [0, 0.05) is 24.7 Å². The van der Waals surface area contributed by atoms with Gasteiger partial charge in [-0.05, 0) is 0 Å². The van der Waals surface area contributed by atoms with Gasteiger partial charge in [0.1, 0.15) is 11.4 Å². The summed E-state index contributed by atoms with van der Waals surface area (Å²) < 4.78 is 10.2. The molecule has 82 valence electrons. The number of nitrogens with one attached hydrogen (secondary N) is 1. The maximum absolute atomic E-state index is 10.2. The number of rotatable bonds is 3. The molecule has 0 amide bonds. The first-order valence-corrected chi connectivity index (χ1v) is 4.71. The van der Waals surface area contributed by atoms with E-state index in [0.29, 0.717) is 24.7 Å². The fourth-order valence-corrected chi connectivity index (χ4v) is 1.61. The van der Waals surface area contributed by atoms with E-state index in [1.165, 1.54) is 0 Å². The lowest BCUT2D eigenvalue weighted by Gasteiger charge is -2.38. The SMILES string of the molecule is COc1cc(C2(O)CNC2)c(OC)cn1. The summed E-state index contributed by atoms with van der Waals surface area (Å²) in [7, 11) is 3.10. The first kappa shape index (κ1) is 10.2. The van der Waals surface area contributed by atoms with E-state index < -0.39 is 5.60 Å². The average Bonchev–Trinajstić information content (AvgIpc) is 2.25. The summed E-state index contributed by atoms with van der Waals surface area (Å²) >= 11 is 0. The summed E-state index contributed by atoms with van der Waals surface area (Å²) in [5.74, 6) is 1.06. The standard InChI is InChI=1S/C10H14N2O3/c1-14-8-4-12-9(15-2)3-7(8)10(13)5-11-6-10/h3-4,11,13H,5-6H2,1-2H3. The van der Waals surface area contributed by atoms with Crippen LogP contribution in [0.5, 0.6) is 11.6 Å². The lowest BCUT2D eigenvalue weighted by molar-refractivity contribution is -0.0167. The highest BCUT2D eigenvalue weighted by Gasteiger charge is 2.39. The quantitative estimate of drug-likeness (QED) is 0.728. The summed E-state index contributed by atoms with van der Waals surface area (Å²) in [6, 6.07) is 1.71. The molecule has 1 aliphatic heterocycles. The monoisotopic (exact) mass is 210 g/mol. The highest BCUT2D eigenvalue weighted by atomic mass is 16.5. The van der Waals surface area contributed by atoms with Gasteiger partial charge in [-0.2, -0.15) is 0 Å². The minimum atomic E-state index is -0.860. The molecule has 2 N–H and O–H groups in total. The average molecular weight is 210 g/mol. The number of hydrogen-bond donors (Lipinski definition) is 2. The van der Waals surface area contributed by atoms with E-state index in [0.717, 1.165) is 5.56 Å². The van der Waals surface area contributed by atoms with Crippen molar-refractivity contribution in [2.75, 3.05) is 27.3 Å². The molecule has 0 aromatic carbocycles. The van der Waals surface area contributed by atoms with Crippen LogP contribution in [-0.2, 0) is 5.60 Å². The van der Waals surface area contributed by atoms with Gasteiger partial charge in [-0.3, -0.25) is 0 Å². The van der Waals surface area contributed by atoms with Gasteiger partial charge in [-0.1, -0.05) is 0 Å². The number of β-amino-alcohol motifs (C(OH)–C–C–N with tert-alkyl or cyclic N) is 1. The van der Waals surface area contributed by atoms with Crippen LogP contribution in [0.2, 0.25) is 0 Å². The zero-order chi connectivity index (χ0) is 10.9. The summed E-state index contributed by atoms with van der Waals surface area (Å²) in [4.78, 5) is 4.02. The molecule has 0 saturated carbocycles. The molecule has 1 fully saturated rings. The molecule has 1 aromatic rings. The maximum atomic E-state index is 10.2. The molecule has 1 aromatic heterocycles. The molecule has 0 aliphatic carbocycles. The highest BCUT2D eigenvalue weighted by Crippen LogP contribution is 2.34. The van der Waals surface area contributed by atoms with Crippen molar-refractivity contribution >= 4 is 0 Å². The van der Waals surface area contributed by atoms with E-state index in [1.54, 1.807) is 26.5 Å². The zero-order valence-electron chi connectivity index (χ0n) is 8.78. The number of nitrogens with zero attached hydrogens (tertiary/aromatic N) is 1. The smallest absolute Gasteiger partial charge is 0.213 e. The summed E-state index contributed by atoms with van der Waals surface area (Å²) in [5, 5.41) is 13.2. The van der Waals surface area contributed by atoms with Gasteiger partial charge >= 0.3 is 0 Å². The van der Waals surface area contributed by atoms with Crippen LogP contribution >= 0.6 is 0 Å². The Morgan fingerprint density at radius 2 is 2.13 bits per heavy atom. The van der Waals surface area contributed by atoms with Gasteiger partial charge in [-0.25, -0.2) is 4.98 Å². The third kappa shape index (κ3) is 1.64. The molecule has 15 heavy (non-hydrogen) atoms. The van der Waals surface area contributed by atoms with Gasteiger partial charge in [0.05, 0.1) is 20.4 Å². The van der Waals surface area contributed by atoms with Gasteiger partial charge in [-0.15, -0.1) is 0 Å². The van der Waals surface area contributed by atoms with Gasteiger partial charge in [0.2, 0.25) is 5.88 Å². The van der Waals surface area contributed by atoms with E-state index in [1.807, 2.05) is 0 Å². The van der Waals surface area contributed by atoms with E-state index in [2.05, 4.69) is 10.3 Å². The fraction of sp³-hybridized carbons (Fsp3) is 0.500. The lowest BCUT2D eigenvalue weighted by Crippen LogP contribution is -2.56. The molecule has 0 spiro atoms. The predicted octanol–water partition coefficient (Wildman–Crippen LogP) is -0.110. The molecule has 0 unspecified atom stereocenters. The third-order valence-corrected chi connectivity index (χ3v) is 2.61. The molecule has 1 saturated heterocycles. The van der Waals surface area contributed by atoms with Crippen molar-refractivity contribution < 1.29 is 14.6 Å². The van der Waals surface area contributed by atoms with Crippen molar-refractivity contribution in [3.63, 3.8) is 0 Å². The van der Waals surface area contributed by atoms with Crippen LogP contribution in [-0.4, -0.2) is 37.4 Å². The van der Waals surface area contributed by atoms with E-state index >= 15 is 0 Å². The lowest BCUT2D eigenvalue weighted by atomic mass is 9.88. The minimum absolute atomic E-state index is 0.478. The Labute approximate surface area is 88.0 Å². The van der Waals surface area contributed by atoms with Crippen molar-refractivity contribution in [3.8, 4) is 11.6 Å². The van der Waals surface area contributed by atoms with Crippen molar-refractivity contribution in [1.82, 2.24) is 10.3 Å². The third-order valence-electron chi connectivity index (χ3n) is 2.61. The Kier molecular flexibility index (Phi) is 2.50. The molecule has 5 nitrogen and oxygen atoms in total. The largest absolute Gasteiger partial charge is 0.495 e. The van der Waals surface area contributed by atoms with Crippen molar-refractivity contribution in [2.45, 2.75) is 5.60 Å². The molecular weight excluding hydrogens is 196 g/mol. The number of pyridine rings is 1. The Hall–Kier alpha value is -1.33. The van der Waals surface area contributed by atoms with Crippen LogP contribution in [0.25, 0.3) is 0 Å². The number of aromatic nitrogens is 1. The predicted molar refractivity (Wildman–Crippen MR) is 54.1 cm³/mol. The summed E-state index contributed by atoms with van der Waals surface area (Å²) in [6.45, 7) is 1.05. The second kappa shape index (κ2) is 3.67. The topological polar surface area (TPSA) is 63.6 Å². The molecule has 2 rings (SSSR count). The first-order valence-electron chi connectivity index (χ1n) is 4.71. The molecule has 0 bridgehead atoms. The Morgan fingerprint density at radius 3 is 2.60 bits per heavy atom. The molecule has 5 heteroatoms. The first-order chi connectivity index (χ1) is 7.19. The molecule has 0 atom stereocenters. The Bertz CT molecular complexity index is 364. The zero-order valence-corrected chi connectivity index (χ0v) is 8.78. The van der Waals surface area contributed by atoms with Crippen LogP contribution in [0.1, 0.15) is 5.56 Å². The van der Waals surface area contributed by atoms with Crippen molar-refractivity contribution in [2.24, 2.45) is 0 Å². The summed E-state index contributed by atoms with van der Waals surface area (Å²) in [5.41, 5.74) is -0.141. The summed E-state index contributed by atoms with van der Waals surface area (Å²) in [6.07, 6.45) is 1.56. The van der Waals surface area contributed by atoms with E-state index in [-0.39, 0.29) is 0 Å². The number of hydrogen-bond acceptors (Lipinski definition) is 5. The van der Waals surface area contributed by atoms with Gasteiger partial charge in [0.25, 0.3) is 0 Å². The fourth-order valence-electron chi connectivity index (χ4n) is 1.61. The number of ether oxygens (including phenoxy) is 2. The molecule has 0 radical (unpaired) electrons. The Balaban J connectivity index is 2.41.